The summed E-state index contributed by atoms with van der Waals surface area (Å²) >= 11 is 0. The third-order valence-electron chi connectivity index (χ3n) is 4.21. The number of rotatable bonds is 3. The highest BCUT2D eigenvalue weighted by Gasteiger charge is 2.23. The highest BCUT2D eigenvalue weighted by atomic mass is 16.5. The molecule has 2 atom stereocenters. The molecule has 3 rings (SSSR count). The normalized spacial score (nSPS) is 17.8. The summed E-state index contributed by atoms with van der Waals surface area (Å²) in [5.74, 6) is 0.798. The Morgan fingerprint density at radius 2 is 2.04 bits per heavy atom. The molecule has 2 unspecified atom stereocenters. The first-order chi connectivity index (χ1) is 11.0. The Labute approximate surface area is 136 Å². The number of benzene rings is 2. The molecule has 2 aromatic rings. The third kappa shape index (κ3) is 3.37. The SMILES string of the molecule is CC(=O)NC1CCOc2ccc(C(N)c3cccc(C)c3)cc21. The van der Waals surface area contributed by atoms with Gasteiger partial charge in [0.05, 0.1) is 18.7 Å². The number of carbonyl (C=O) groups excluding carboxylic acids is 1. The maximum Gasteiger partial charge on any atom is 0.217 e. The molecule has 0 fully saturated rings. The van der Waals surface area contributed by atoms with Gasteiger partial charge in [0.1, 0.15) is 5.75 Å². The van der Waals surface area contributed by atoms with Crippen LogP contribution < -0.4 is 15.8 Å². The van der Waals surface area contributed by atoms with E-state index in [-0.39, 0.29) is 18.0 Å². The van der Waals surface area contributed by atoms with Gasteiger partial charge in [-0.05, 0) is 30.2 Å². The summed E-state index contributed by atoms with van der Waals surface area (Å²) in [6, 6.07) is 14.0. The van der Waals surface area contributed by atoms with Crippen LogP contribution in [0.3, 0.4) is 0 Å². The Balaban J connectivity index is 1.94. The molecule has 4 nitrogen and oxygen atoms in total. The van der Waals surface area contributed by atoms with E-state index in [4.69, 9.17) is 10.5 Å². The van der Waals surface area contributed by atoms with Gasteiger partial charge in [-0.2, -0.15) is 0 Å². The lowest BCUT2D eigenvalue weighted by Gasteiger charge is -2.27. The molecule has 23 heavy (non-hydrogen) atoms. The zero-order valence-corrected chi connectivity index (χ0v) is 13.5. The molecule has 0 bridgehead atoms. The fraction of sp³-hybridized carbons (Fsp3) is 0.316. The van der Waals surface area contributed by atoms with Gasteiger partial charge in [-0.1, -0.05) is 35.9 Å². The summed E-state index contributed by atoms with van der Waals surface area (Å²) in [5.41, 5.74) is 10.7. The number of hydrogen-bond donors (Lipinski definition) is 2. The largest absolute Gasteiger partial charge is 0.493 e. The quantitative estimate of drug-likeness (QED) is 0.916. The molecule has 1 heterocycles. The second-order valence-corrected chi connectivity index (χ2v) is 6.08. The lowest BCUT2D eigenvalue weighted by atomic mass is 9.93. The minimum atomic E-state index is -0.194. The molecule has 3 N–H and O–H groups in total. The van der Waals surface area contributed by atoms with Gasteiger partial charge < -0.3 is 15.8 Å². The molecular formula is C19H22N2O2. The summed E-state index contributed by atoms with van der Waals surface area (Å²) in [6.45, 7) is 4.21. The molecule has 0 saturated carbocycles. The van der Waals surface area contributed by atoms with Crippen LogP contribution in [-0.4, -0.2) is 12.5 Å². The Morgan fingerprint density at radius 1 is 1.26 bits per heavy atom. The van der Waals surface area contributed by atoms with Crippen LogP contribution in [0, 0.1) is 6.92 Å². The first-order valence-electron chi connectivity index (χ1n) is 7.90. The Morgan fingerprint density at radius 3 is 2.78 bits per heavy atom. The van der Waals surface area contributed by atoms with Crippen LogP contribution in [0.4, 0.5) is 0 Å². The molecule has 0 spiro atoms. The fourth-order valence-electron chi connectivity index (χ4n) is 3.06. The zero-order chi connectivity index (χ0) is 16.4. The highest BCUT2D eigenvalue weighted by molar-refractivity contribution is 5.73. The van der Waals surface area contributed by atoms with Gasteiger partial charge in [0, 0.05) is 18.9 Å². The molecule has 0 aliphatic carbocycles. The highest BCUT2D eigenvalue weighted by Crippen LogP contribution is 2.34. The molecule has 0 aromatic heterocycles. The number of nitrogens with one attached hydrogen (secondary N) is 1. The second-order valence-electron chi connectivity index (χ2n) is 6.08. The number of hydrogen-bond acceptors (Lipinski definition) is 3. The lowest BCUT2D eigenvalue weighted by Crippen LogP contribution is -2.30. The third-order valence-corrected chi connectivity index (χ3v) is 4.21. The van der Waals surface area contributed by atoms with Crippen molar-refractivity contribution in [2.45, 2.75) is 32.4 Å². The minimum Gasteiger partial charge on any atom is -0.493 e. The molecular weight excluding hydrogens is 288 g/mol. The maximum atomic E-state index is 11.4. The van der Waals surface area contributed by atoms with Crippen LogP contribution in [0.5, 0.6) is 5.75 Å². The summed E-state index contributed by atoms with van der Waals surface area (Å²) < 4.78 is 5.70. The fourth-order valence-corrected chi connectivity index (χ4v) is 3.06. The molecule has 1 aliphatic rings. The lowest BCUT2D eigenvalue weighted by molar-refractivity contribution is -0.119. The number of nitrogens with two attached hydrogens (primary N) is 1. The predicted molar refractivity (Wildman–Crippen MR) is 90.3 cm³/mol. The van der Waals surface area contributed by atoms with Crippen LogP contribution in [0.2, 0.25) is 0 Å². The number of carbonyl (C=O) groups is 1. The second kappa shape index (κ2) is 6.42. The molecule has 0 radical (unpaired) electrons. The van der Waals surface area contributed by atoms with E-state index >= 15 is 0 Å². The van der Waals surface area contributed by atoms with E-state index in [2.05, 4.69) is 30.4 Å². The maximum absolute atomic E-state index is 11.4. The minimum absolute atomic E-state index is 0.0130. The van der Waals surface area contributed by atoms with E-state index in [9.17, 15) is 4.79 Å². The zero-order valence-electron chi connectivity index (χ0n) is 13.5. The van der Waals surface area contributed by atoms with Crippen molar-refractivity contribution in [2.24, 2.45) is 5.73 Å². The van der Waals surface area contributed by atoms with Gasteiger partial charge in [-0.15, -0.1) is 0 Å². The van der Waals surface area contributed by atoms with E-state index < -0.39 is 0 Å². The Hall–Kier alpha value is -2.33. The smallest absolute Gasteiger partial charge is 0.217 e. The Bertz CT molecular complexity index is 727. The average Bonchev–Trinajstić information content (AvgIpc) is 2.53. The van der Waals surface area contributed by atoms with Crippen molar-refractivity contribution in [1.29, 1.82) is 0 Å². The molecule has 120 valence electrons. The summed E-state index contributed by atoms with van der Waals surface area (Å²) in [6.07, 6.45) is 0.774. The van der Waals surface area contributed by atoms with Gasteiger partial charge >= 0.3 is 0 Å². The molecule has 4 heteroatoms. The van der Waals surface area contributed by atoms with E-state index in [1.807, 2.05) is 24.3 Å². The van der Waals surface area contributed by atoms with Crippen molar-refractivity contribution in [2.75, 3.05) is 6.61 Å². The van der Waals surface area contributed by atoms with Crippen molar-refractivity contribution in [1.82, 2.24) is 5.32 Å². The van der Waals surface area contributed by atoms with Crippen molar-refractivity contribution >= 4 is 5.91 Å². The number of ether oxygens (including phenoxy) is 1. The van der Waals surface area contributed by atoms with E-state index in [0.717, 1.165) is 28.9 Å². The molecule has 2 aromatic carbocycles. The topological polar surface area (TPSA) is 64.3 Å². The van der Waals surface area contributed by atoms with Crippen molar-refractivity contribution in [3.8, 4) is 5.75 Å². The first kappa shape index (κ1) is 15.6. The predicted octanol–water partition coefficient (Wildman–Crippen LogP) is 3.00. The molecule has 1 aliphatic heterocycles. The van der Waals surface area contributed by atoms with Gasteiger partial charge in [0.2, 0.25) is 5.91 Å². The van der Waals surface area contributed by atoms with Crippen molar-refractivity contribution in [3.05, 3.63) is 64.7 Å². The number of amides is 1. The van der Waals surface area contributed by atoms with Crippen LogP contribution in [-0.2, 0) is 4.79 Å². The van der Waals surface area contributed by atoms with E-state index in [1.54, 1.807) is 0 Å². The molecule has 1 amide bonds. The van der Waals surface area contributed by atoms with Gasteiger partial charge in [-0.25, -0.2) is 0 Å². The van der Waals surface area contributed by atoms with E-state index in [0.29, 0.717) is 6.61 Å². The summed E-state index contributed by atoms with van der Waals surface area (Å²) in [5, 5.41) is 2.99. The monoisotopic (exact) mass is 310 g/mol. The first-order valence-corrected chi connectivity index (χ1v) is 7.90. The van der Waals surface area contributed by atoms with Gasteiger partial charge in [0.15, 0.2) is 0 Å². The van der Waals surface area contributed by atoms with Crippen molar-refractivity contribution < 1.29 is 9.53 Å². The van der Waals surface area contributed by atoms with Crippen LogP contribution >= 0.6 is 0 Å². The van der Waals surface area contributed by atoms with Crippen molar-refractivity contribution in [3.63, 3.8) is 0 Å². The van der Waals surface area contributed by atoms with Gasteiger partial charge in [0.25, 0.3) is 0 Å². The number of fused-ring (bicyclic) bond motifs is 1. The summed E-state index contributed by atoms with van der Waals surface area (Å²) in [4.78, 5) is 11.4. The average molecular weight is 310 g/mol. The summed E-state index contributed by atoms with van der Waals surface area (Å²) in [7, 11) is 0. The van der Waals surface area contributed by atoms with Crippen LogP contribution in [0.15, 0.2) is 42.5 Å². The van der Waals surface area contributed by atoms with Crippen LogP contribution in [0.1, 0.15) is 47.7 Å². The van der Waals surface area contributed by atoms with Crippen LogP contribution in [0.25, 0.3) is 0 Å². The van der Waals surface area contributed by atoms with E-state index in [1.165, 1.54) is 12.5 Å². The Kier molecular flexibility index (Phi) is 4.35. The van der Waals surface area contributed by atoms with Gasteiger partial charge in [-0.3, -0.25) is 4.79 Å². The number of aryl methyl sites for hydroxylation is 1. The molecule has 0 saturated heterocycles. The standard InChI is InChI=1S/C19H22N2O2/c1-12-4-3-5-14(10-12)19(20)15-6-7-18-16(11-15)17(8-9-23-18)21-13(2)22/h3-7,10-11,17,19H,8-9,20H2,1-2H3,(H,21,22).